The van der Waals surface area contributed by atoms with Crippen LogP contribution in [0.4, 0.5) is 0 Å². The van der Waals surface area contributed by atoms with Gasteiger partial charge in [0.1, 0.15) is 18.0 Å². The predicted molar refractivity (Wildman–Crippen MR) is 41.5 cm³/mol. The van der Waals surface area contributed by atoms with E-state index in [1.165, 1.54) is 6.07 Å². The van der Waals surface area contributed by atoms with Gasteiger partial charge < -0.3 is 5.11 Å². The topological polar surface area (TPSA) is 113 Å². The number of carboxylic acids is 1. The first kappa shape index (κ1) is 9.60. The quantitative estimate of drug-likeness (QED) is 0.520. The van der Waals surface area contributed by atoms with Gasteiger partial charge in [-0.15, -0.1) is 0 Å². The third-order valence-electron chi connectivity index (χ3n) is 1.34. The van der Waals surface area contributed by atoms with Gasteiger partial charge in [0, 0.05) is 6.20 Å². The molecule has 1 N–H and O–H groups in total. The molecule has 0 spiro atoms. The summed E-state index contributed by atoms with van der Waals surface area (Å²) < 4.78 is 0.558. The second-order valence-electron chi connectivity index (χ2n) is 2.22. The molecule has 0 radical (unpaired) electrons. The van der Waals surface area contributed by atoms with E-state index in [2.05, 4.69) is 4.98 Å². The van der Waals surface area contributed by atoms with Crippen LogP contribution in [0, 0.1) is 11.3 Å². The summed E-state index contributed by atoms with van der Waals surface area (Å²) in [5.74, 6) is -2.98. The number of rotatable bonds is 0. The van der Waals surface area contributed by atoms with E-state index in [0.717, 1.165) is 12.5 Å². The molecule has 0 aliphatic carbocycles. The first-order valence-corrected chi connectivity index (χ1v) is 3.32. The maximum atomic E-state index is 10.8. The smallest absolute Gasteiger partial charge is 0.395 e. The fourth-order valence-electron chi connectivity index (χ4n) is 0.710. The third kappa shape index (κ3) is 1.64. The van der Waals surface area contributed by atoms with Crippen molar-refractivity contribution in [2.24, 2.45) is 0 Å². The number of carboxylic acid groups (broad SMARTS) is 1. The van der Waals surface area contributed by atoms with Gasteiger partial charge in [0.25, 0.3) is 5.56 Å². The Morgan fingerprint density at radius 2 is 2.21 bits per heavy atom. The molecule has 0 unspecified atom stereocenters. The van der Waals surface area contributed by atoms with Crippen LogP contribution in [0.15, 0.2) is 17.3 Å². The molecular formula is C7H3N3O4. The molecule has 0 bridgehead atoms. The first-order valence-electron chi connectivity index (χ1n) is 3.32. The van der Waals surface area contributed by atoms with E-state index in [0.29, 0.717) is 4.57 Å². The Bertz CT molecular complexity index is 496. The summed E-state index contributed by atoms with van der Waals surface area (Å²) in [7, 11) is 0. The summed E-state index contributed by atoms with van der Waals surface area (Å²) in [5.41, 5.74) is -1.19. The highest BCUT2D eigenvalue weighted by Crippen LogP contribution is 1.88. The molecule has 14 heavy (non-hydrogen) atoms. The van der Waals surface area contributed by atoms with E-state index in [-0.39, 0.29) is 5.56 Å². The second kappa shape index (κ2) is 3.49. The van der Waals surface area contributed by atoms with Gasteiger partial charge in [-0.05, 0) is 0 Å². The largest absolute Gasteiger partial charge is 0.474 e. The Kier molecular flexibility index (Phi) is 2.39. The molecule has 70 valence electrons. The van der Waals surface area contributed by atoms with Crippen LogP contribution in [0.5, 0.6) is 0 Å². The molecule has 0 saturated heterocycles. The van der Waals surface area contributed by atoms with Gasteiger partial charge in [0.2, 0.25) is 0 Å². The average Bonchev–Trinajstić information content (AvgIpc) is 2.17. The SMILES string of the molecule is N#Cc1cn(C(=O)C(=O)O)cnc1=O. The molecule has 0 aliphatic heterocycles. The van der Waals surface area contributed by atoms with Crippen LogP contribution >= 0.6 is 0 Å². The summed E-state index contributed by atoms with van der Waals surface area (Å²) in [6, 6.07) is 1.49. The molecule has 0 fully saturated rings. The second-order valence-corrected chi connectivity index (χ2v) is 2.22. The maximum Gasteiger partial charge on any atom is 0.395 e. The van der Waals surface area contributed by atoms with E-state index in [9.17, 15) is 14.4 Å². The van der Waals surface area contributed by atoms with Crippen molar-refractivity contribution in [1.82, 2.24) is 9.55 Å². The highest BCUT2D eigenvalue weighted by Gasteiger charge is 2.14. The molecule has 0 atom stereocenters. The molecule has 0 aromatic carbocycles. The van der Waals surface area contributed by atoms with Gasteiger partial charge >= 0.3 is 11.9 Å². The van der Waals surface area contributed by atoms with Crippen LogP contribution < -0.4 is 5.56 Å². The lowest BCUT2D eigenvalue weighted by molar-refractivity contribution is -0.132. The Morgan fingerprint density at radius 3 is 2.71 bits per heavy atom. The zero-order valence-electron chi connectivity index (χ0n) is 6.67. The standard InChI is InChI=1S/C7H3N3O4/c8-1-4-2-10(3-9-5(4)11)6(12)7(13)14/h2-3H,(H,13,14). The van der Waals surface area contributed by atoms with E-state index >= 15 is 0 Å². The van der Waals surface area contributed by atoms with Gasteiger partial charge in [-0.3, -0.25) is 14.2 Å². The predicted octanol–water partition coefficient (Wildman–Crippen LogP) is -1.16. The average molecular weight is 193 g/mol. The molecule has 0 aliphatic rings. The number of hydrogen-bond donors (Lipinski definition) is 1. The molecule has 1 aromatic heterocycles. The zero-order chi connectivity index (χ0) is 10.7. The van der Waals surface area contributed by atoms with Crippen molar-refractivity contribution in [3.63, 3.8) is 0 Å². The number of aliphatic carboxylic acids is 1. The molecule has 7 nitrogen and oxygen atoms in total. The molecule has 1 rings (SSSR count). The summed E-state index contributed by atoms with van der Waals surface area (Å²) in [6.45, 7) is 0. The molecule has 0 saturated carbocycles. The lowest BCUT2D eigenvalue weighted by atomic mass is 10.4. The summed E-state index contributed by atoms with van der Waals surface area (Å²) >= 11 is 0. The number of hydrogen-bond acceptors (Lipinski definition) is 5. The van der Waals surface area contributed by atoms with E-state index < -0.39 is 17.4 Å². The fraction of sp³-hybridized carbons (Fsp3) is 0. The van der Waals surface area contributed by atoms with Crippen molar-refractivity contribution in [2.45, 2.75) is 0 Å². The minimum absolute atomic E-state index is 0.387. The lowest BCUT2D eigenvalue weighted by Crippen LogP contribution is -2.24. The number of carbonyl (C=O) groups is 2. The van der Waals surface area contributed by atoms with E-state index in [1.54, 1.807) is 0 Å². The lowest BCUT2D eigenvalue weighted by Gasteiger charge is -1.98. The number of aromatic nitrogens is 2. The van der Waals surface area contributed by atoms with Gasteiger partial charge in [-0.25, -0.2) is 4.79 Å². The van der Waals surface area contributed by atoms with Crippen molar-refractivity contribution < 1.29 is 14.7 Å². The molecule has 0 amide bonds. The summed E-state index contributed by atoms with van der Waals surface area (Å²) in [5, 5.41) is 16.7. The Morgan fingerprint density at radius 1 is 1.57 bits per heavy atom. The number of nitrogens with zero attached hydrogens (tertiary/aromatic N) is 3. The first-order chi connectivity index (χ1) is 6.56. The minimum Gasteiger partial charge on any atom is -0.474 e. The Hall–Kier alpha value is -2.49. The fourth-order valence-corrected chi connectivity index (χ4v) is 0.710. The summed E-state index contributed by atoms with van der Waals surface area (Å²) in [6.07, 6.45) is 1.57. The van der Waals surface area contributed by atoms with Crippen molar-refractivity contribution in [1.29, 1.82) is 5.26 Å². The van der Waals surface area contributed by atoms with Crippen LogP contribution in [0.3, 0.4) is 0 Å². The highest BCUT2D eigenvalue weighted by atomic mass is 16.4. The van der Waals surface area contributed by atoms with Gasteiger partial charge in [-0.2, -0.15) is 10.2 Å². The maximum absolute atomic E-state index is 10.8. The van der Waals surface area contributed by atoms with Crippen LogP contribution in [0.25, 0.3) is 0 Å². The molecular weight excluding hydrogens is 190 g/mol. The van der Waals surface area contributed by atoms with Gasteiger partial charge in [0.15, 0.2) is 0 Å². The minimum atomic E-state index is -1.70. The molecule has 1 heterocycles. The van der Waals surface area contributed by atoms with Crippen LogP contribution in [0.2, 0.25) is 0 Å². The number of carbonyl (C=O) groups excluding carboxylic acids is 1. The zero-order valence-corrected chi connectivity index (χ0v) is 6.67. The Labute approximate surface area is 76.8 Å². The van der Waals surface area contributed by atoms with Crippen molar-refractivity contribution in [2.75, 3.05) is 0 Å². The highest BCUT2D eigenvalue weighted by molar-refractivity contribution is 6.32. The van der Waals surface area contributed by atoms with Crippen molar-refractivity contribution >= 4 is 11.9 Å². The van der Waals surface area contributed by atoms with E-state index in [1.807, 2.05) is 0 Å². The van der Waals surface area contributed by atoms with Crippen molar-refractivity contribution in [3.8, 4) is 6.07 Å². The van der Waals surface area contributed by atoms with E-state index in [4.69, 9.17) is 10.4 Å². The van der Waals surface area contributed by atoms with Gasteiger partial charge in [0.05, 0.1) is 0 Å². The Balaban J connectivity index is 3.28. The number of nitriles is 1. The monoisotopic (exact) mass is 193 g/mol. The normalized spacial score (nSPS) is 9.07. The third-order valence-corrected chi connectivity index (χ3v) is 1.34. The summed E-state index contributed by atoms with van der Waals surface area (Å²) in [4.78, 5) is 35.0. The van der Waals surface area contributed by atoms with Crippen LogP contribution in [0.1, 0.15) is 10.4 Å². The van der Waals surface area contributed by atoms with Crippen LogP contribution in [-0.4, -0.2) is 26.5 Å². The molecule has 1 aromatic rings. The van der Waals surface area contributed by atoms with Crippen molar-refractivity contribution in [3.05, 3.63) is 28.4 Å². The van der Waals surface area contributed by atoms with Gasteiger partial charge in [-0.1, -0.05) is 0 Å². The van der Waals surface area contributed by atoms with Crippen LogP contribution in [-0.2, 0) is 4.79 Å². The molecule has 7 heteroatoms.